The van der Waals surface area contributed by atoms with Crippen LogP contribution in [0, 0.1) is 11.7 Å². The molecule has 152 valence electrons. The van der Waals surface area contributed by atoms with Crippen molar-refractivity contribution in [3.8, 4) is 0 Å². The molecule has 0 saturated heterocycles. The van der Waals surface area contributed by atoms with Gasteiger partial charge in [-0.15, -0.1) is 0 Å². The first-order chi connectivity index (χ1) is 13.9. The van der Waals surface area contributed by atoms with Crippen LogP contribution in [-0.2, 0) is 16.0 Å². The molecule has 0 saturated carbocycles. The molecule has 5 heteroatoms. The number of carbonyl (C=O) groups is 1. The van der Waals surface area contributed by atoms with E-state index in [1.54, 1.807) is 19.2 Å². The summed E-state index contributed by atoms with van der Waals surface area (Å²) in [6.07, 6.45) is 2.20. The van der Waals surface area contributed by atoms with Crippen molar-refractivity contribution in [3.05, 3.63) is 75.1 Å². The molecule has 0 spiro atoms. The highest BCUT2D eigenvalue weighted by Crippen LogP contribution is 2.56. The average Bonchev–Trinajstić information content (AvgIpc) is 3.21. The van der Waals surface area contributed by atoms with Gasteiger partial charge in [-0.05, 0) is 84.2 Å². The minimum atomic E-state index is -0.790. The van der Waals surface area contributed by atoms with Gasteiger partial charge in [0.2, 0.25) is 0 Å². The van der Waals surface area contributed by atoms with Crippen LogP contribution in [0.3, 0.4) is 0 Å². The molecule has 3 atom stereocenters. The number of halogens is 2. The summed E-state index contributed by atoms with van der Waals surface area (Å²) >= 11 is 6.05. The zero-order valence-corrected chi connectivity index (χ0v) is 17.3. The fraction of sp³-hybridized carbons (Fsp3) is 0.375. The highest BCUT2D eigenvalue weighted by molar-refractivity contribution is 6.30. The highest BCUT2D eigenvalue weighted by atomic mass is 35.5. The normalized spacial score (nSPS) is 21.2. The van der Waals surface area contributed by atoms with Crippen molar-refractivity contribution < 1.29 is 19.0 Å². The molecule has 2 aliphatic carbocycles. The van der Waals surface area contributed by atoms with Crippen molar-refractivity contribution in [2.45, 2.75) is 44.6 Å². The molecule has 0 bridgehead atoms. The van der Waals surface area contributed by atoms with Gasteiger partial charge in [-0.1, -0.05) is 29.3 Å². The summed E-state index contributed by atoms with van der Waals surface area (Å²) in [6.45, 7) is 1.92. The fourth-order valence-corrected chi connectivity index (χ4v) is 5.16. The van der Waals surface area contributed by atoms with Crippen molar-refractivity contribution in [2.24, 2.45) is 5.92 Å². The number of methoxy groups -OCH3 is 1. The van der Waals surface area contributed by atoms with Crippen molar-refractivity contribution in [2.75, 3.05) is 7.11 Å². The van der Waals surface area contributed by atoms with Crippen LogP contribution in [0.25, 0.3) is 5.57 Å². The lowest BCUT2D eigenvalue weighted by atomic mass is 9.80. The Kier molecular flexibility index (Phi) is 5.50. The Morgan fingerprint density at radius 2 is 2.03 bits per heavy atom. The molecule has 0 fully saturated rings. The maximum absolute atomic E-state index is 14.5. The predicted octanol–water partition coefficient (Wildman–Crippen LogP) is 6.16. The lowest BCUT2D eigenvalue weighted by Gasteiger charge is -2.25. The van der Waals surface area contributed by atoms with E-state index in [0.29, 0.717) is 5.02 Å². The Balaban J connectivity index is 1.84. The number of benzene rings is 2. The van der Waals surface area contributed by atoms with E-state index < -0.39 is 5.97 Å². The quantitative estimate of drug-likeness (QED) is 0.615. The number of carboxylic acid groups (broad SMARTS) is 1. The summed E-state index contributed by atoms with van der Waals surface area (Å²) in [5, 5.41) is 10.1. The number of rotatable bonds is 6. The number of aliphatic carboxylic acids is 1. The molecule has 2 aliphatic rings. The molecule has 2 aromatic rings. The zero-order chi connectivity index (χ0) is 20.7. The van der Waals surface area contributed by atoms with Crippen LogP contribution in [0.2, 0.25) is 5.02 Å². The van der Waals surface area contributed by atoms with Crippen molar-refractivity contribution >= 4 is 23.1 Å². The third kappa shape index (κ3) is 3.72. The summed E-state index contributed by atoms with van der Waals surface area (Å²) < 4.78 is 20.0. The maximum atomic E-state index is 14.5. The molecule has 2 unspecified atom stereocenters. The second-order valence-corrected chi connectivity index (χ2v) is 8.42. The van der Waals surface area contributed by atoms with Gasteiger partial charge in [0.15, 0.2) is 0 Å². The van der Waals surface area contributed by atoms with E-state index in [0.717, 1.165) is 47.1 Å². The molecule has 4 rings (SSSR count). The van der Waals surface area contributed by atoms with Gasteiger partial charge in [0.05, 0.1) is 12.5 Å². The minimum Gasteiger partial charge on any atom is -0.481 e. The summed E-state index contributed by atoms with van der Waals surface area (Å²) in [5.41, 5.74) is 6.31. The van der Waals surface area contributed by atoms with E-state index in [1.165, 1.54) is 5.57 Å². The average molecular weight is 415 g/mol. The monoisotopic (exact) mass is 414 g/mol. The zero-order valence-electron chi connectivity index (χ0n) is 16.5. The number of carboxylic acids is 1. The van der Waals surface area contributed by atoms with Crippen molar-refractivity contribution in [1.82, 2.24) is 0 Å². The third-order valence-electron chi connectivity index (χ3n) is 6.32. The Morgan fingerprint density at radius 3 is 2.69 bits per heavy atom. The Morgan fingerprint density at radius 1 is 1.31 bits per heavy atom. The van der Waals surface area contributed by atoms with E-state index >= 15 is 0 Å². The molecule has 0 aliphatic heterocycles. The molecule has 29 heavy (non-hydrogen) atoms. The Bertz CT molecular complexity index is 980. The lowest BCUT2D eigenvalue weighted by molar-refractivity contribution is -0.137. The molecule has 2 aromatic carbocycles. The number of hydrogen-bond donors (Lipinski definition) is 1. The summed E-state index contributed by atoms with van der Waals surface area (Å²) in [4.78, 5) is 11.5. The van der Waals surface area contributed by atoms with Gasteiger partial charge in [0.25, 0.3) is 0 Å². The molecular weight excluding hydrogens is 391 g/mol. The fourth-order valence-electron chi connectivity index (χ4n) is 5.04. The second kappa shape index (κ2) is 7.92. The maximum Gasteiger partial charge on any atom is 0.303 e. The van der Waals surface area contributed by atoms with Gasteiger partial charge in [-0.3, -0.25) is 4.79 Å². The Hall–Kier alpha value is -2.17. The largest absolute Gasteiger partial charge is 0.481 e. The number of fused-ring (bicyclic) bond motifs is 2. The van der Waals surface area contributed by atoms with Crippen LogP contribution in [0.15, 0.2) is 42.0 Å². The van der Waals surface area contributed by atoms with E-state index in [4.69, 9.17) is 16.3 Å². The molecule has 3 nitrogen and oxygen atoms in total. The van der Waals surface area contributed by atoms with Gasteiger partial charge < -0.3 is 9.84 Å². The summed E-state index contributed by atoms with van der Waals surface area (Å²) in [6, 6.07) is 10.9. The standard InChI is InChI=1S/C24H24ClFO3/c1-13(29-2)19-11-17(26)12-20-18-8-5-15(10-22(27)28)23(18)21(24(19)20)9-14-3-6-16(25)7-4-14/h3-4,6-7,11-13,15,21H,5,8-10H2,1-2H3,(H,27,28)/t13?,15-,21?/m1/s1. The number of allylic oxidation sites excluding steroid dienone is 2. The molecule has 0 amide bonds. The predicted molar refractivity (Wildman–Crippen MR) is 112 cm³/mol. The first-order valence-electron chi connectivity index (χ1n) is 9.94. The number of ether oxygens (including phenoxy) is 1. The van der Waals surface area contributed by atoms with Crippen molar-refractivity contribution in [3.63, 3.8) is 0 Å². The first kappa shape index (κ1) is 20.1. The summed E-state index contributed by atoms with van der Waals surface area (Å²) in [5.74, 6) is -1.05. The highest BCUT2D eigenvalue weighted by Gasteiger charge is 2.41. The van der Waals surface area contributed by atoms with Gasteiger partial charge in [-0.25, -0.2) is 4.39 Å². The van der Waals surface area contributed by atoms with E-state index in [2.05, 4.69) is 0 Å². The SMILES string of the molecule is COC(C)c1cc(F)cc2c1C(Cc1ccc(Cl)cc1)C1=C2CC[C@@H]1CC(=O)O. The topological polar surface area (TPSA) is 46.5 Å². The second-order valence-electron chi connectivity index (χ2n) is 7.98. The van der Waals surface area contributed by atoms with Crippen LogP contribution in [-0.4, -0.2) is 18.2 Å². The van der Waals surface area contributed by atoms with Crippen molar-refractivity contribution in [1.29, 1.82) is 0 Å². The van der Waals surface area contributed by atoms with Gasteiger partial charge in [0, 0.05) is 18.1 Å². The first-order valence-corrected chi connectivity index (χ1v) is 10.3. The molecule has 0 radical (unpaired) electrons. The molecular formula is C24H24ClFO3. The van der Waals surface area contributed by atoms with Crippen LogP contribution in [0.5, 0.6) is 0 Å². The minimum absolute atomic E-state index is 0.0130. The van der Waals surface area contributed by atoms with Gasteiger partial charge in [-0.2, -0.15) is 0 Å². The van der Waals surface area contributed by atoms with Crippen LogP contribution < -0.4 is 0 Å². The van der Waals surface area contributed by atoms with E-state index in [-0.39, 0.29) is 30.2 Å². The molecule has 0 heterocycles. The summed E-state index contributed by atoms with van der Waals surface area (Å²) in [7, 11) is 1.62. The smallest absolute Gasteiger partial charge is 0.303 e. The van der Waals surface area contributed by atoms with Crippen LogP contribution >= 0.6 is 11.6 Å². The van der Waals surface area contributed by atoms with E-state index in [9.17, 15) is 14.3 Å². The third-order valence-corrected chi connectivity index (χ3v) is 6.57. The van der Waals surface area contributed by atoms with Gasteiger partial charge in [0.1, 0.15) is 5.82 Å². The number of hydrogen-bond acceptors (Lipinski definition) is 2. The molecule has 1 N–H and O–H groups in total. The van der Waals surface area contributed by atoms with E-state index in [1.807, 2.05) is 31.2 Å². The lowest BCUT2D eigenvalue weighted by Crippen LogP contribution is -2.16. The van der Waals surface area contributed by atoms with Crippen LogP contribution in [0.1, 0.15) is 60.5 Å². The van der Waals surface area contributed by atoms with Gasteiger partial charge >= 0.3 is 5.97 Å². The Labute approximate surface area is 175 Å². The van der Waals surface area contributed by atoms with Crippen LogP contribution in [0.4, 0.5) is 4.39 Å². The molecule has 0 aromatic heterocycles.